The zero-order valence-corrected chi connectivity index (χ0v) is 15.3. The minimum atomic E-state index is -4.58. The lowest BCUT2D eigenvalue weighted by Gasteiger charge is -2.14. The number of halogens is 4. The summed E-state index contributed by atoms with van der Waals surface area (Å²) in [5.74, 6) is 0.191. The van der Waals surface area contributed by atoms with Crippen LogP contribution in [0.4, 0.5) is 23.7 Å². The summed E-state index contributed by atoms with van der Waals surface area (Å²) in [7, 11) is 0. The van der Waals surface area contributed by atoms with Gasteiger partial charge in [0.25, 0.3) is 0 Å². The lowest BCUT2D eigenvalue weighted by Crippen LogP contribution is -2.20. The molecule has 0 bridgehead atoms. The number of anilines is 1. The van der Waals surface area contributed by atoms with Crippen molar-refractivity contribution in [2.24, 2.45) is 0 Å². The first-order chi connectivity index (χ1) is 12.8. The molecule has 0 saturated heterocycles. The third-order valence-electron chi connectivity index (χ3n) is 3.71. The molecule has 0 aliphatic heterocycles. The summed E-state index contributed by atoms with van der Waals surface area (Å²) >= 11 is 3.32. The van der Waals surface area contributed by atoms with Gasteiger partial charge in [0.05, 0.1) is 15.7 Å². The molecule has 1 N–H and O–H groups in total. The molecule has 3 rings (SSSR count). The maximum Gasteiger partial charge on any atom is 0.418 e. The Hall–Kier alpha value is -2.80. The molecule has 0 saturated carbocycles. The molecule has 0 aromatic heterocycles. The number of nitrogens with one attached hydrogen (secondary N) is 1. The maximum absolute atomic E-state index is 13.0. The summed E-state index contributed by atoms with van der Waals surface area (Å²) in [6.07, 6.45) is -5.60. The van der Waals surface area contributed by atoms with Crippen molar-refractivity contribution in [2.45, 2.75) is 6.18 Å². The fourth-order valence-electron chi connectivity index (χ4n) is 2.47. The summed E-state index contributed by atoms with van der Waals surface area (Å²) in [5.41, 5.74) is 0.568. The number of rotatable bonds is 3. The number of ether oxygens (including phenoxy) is 1. The highest BCUT2D eigenvalue weighted by Crippen LogP contribution is 2.35. The van der Waals surface area contributed by atoms with Crippen molar-refractivity contribution in [1.82, 2.24) is 0 Å². The minimum absolute atomic E-state index is 0.191. The van der Waals surface area contributed by atoms with Gasteiger partial charge >= 0.3 is 12.3 Å². The number of carbonyl (C=O) groups is 1. The third-order valence-corrected chi connectivity index (χ3v) is 4.33. The Labute approximate surface area is 161 Å². The van der Waals surface area contributed by atoms with Crippen LogP contribution in [0.5, 0.6) is 5.75 Å². The second kappa shape index (κ2) is 7.84. The monoisotopic (exact) mass is 435 g/mol. The fraction of sp³-hybridized carbons (Fsp3) is 0.0500. The molecule has 0 atom stereocenters. The van der Waals surface area contributed by atoms with Crippen LogP contribution in [-0.2, 0) is 6.18 Å². The average Bonchev–Trinajstić information content (AvgIpc) is 2.63. The van der Waals surface area contributed by atoms with E-state index < -0.39 is 17.8 Å². The third kappa shape index (κ3) is 4.68. The van der Waals surface area contributed by atoms with Gasteiger partial charge < -0.3 is 4.74 Å². The largest absolute Gasteiger partial charge is 0.418 e. The normalized spacial score (nSPS) is 11.1. The number of alkyl halides is 3. The fourth-order valence-corrected chi connectivity index (χ4v) is 2.93. The highest BCUT2D eigenvalue weighted by Gasteiger charge is 2.33. The molecule has 0 aliphatic rings. The number of hydrogen-bond donors (Lipinski definition) is 1. The molecular formula is C20H13BrF3NO2. The summed E-state index contributed by atoms with van der Waals surface area (Å²) in [6.45, 7) is 0. The van der Waals surface area contributed by atoms with E-state index in [-0.39, 0.29) is 11.4 Å². The van der Waals surface area contributed by atoms with Crippen molar-refractivity contribution in [2.75, 3.05) is 5.32 Å². The molecule has 138 valence electrons. The van der Waals surface area contributed by atoms with Crippen molar-refractivity contribution < 1.29 is 22.7 Å². The molecule has 0 aliphatic carbocycles. The summed E-state index contributed by atoms with van der Waals surface area (Å²) in [5, 5.41) is 2.14. The van der Waals surface area contributed by atoms with Gasteiger partial charge in [0, 0.05) is 0 Å². The molecular weight excluding hydrogens is 423 g/mol. The SMILES string of the molecule is O=C(Nc1ccccc1C(F)(F)F)Oc1ccc(-c2ccccc2)cc1Br. The van der Waals surface area contributed by atoms with Gasteiger partial charge in [0.1, 0.15) is 5.75 Å². The van der Waals surface area contributed by atoms with Gasteiger partial charge in [-0.2, -0.15) is 13.2 Å². The van der Waals surface area contributed by atoms with E-state index in [1.165, 1.54) is 12.1 Å². The minimum Gasteiger partial charge on any atom is -0.409 e. The van der Waals surface area contributed by atoms with Gasteiger partial charge in [-0.3, -0.25) is 5.32 Å². The first kappa shape index (κ1) is 19.0. The van der Waals surface area contributed by atoms with Crippen LogP contribution in [0.1, 0.15) is 5.56 Å². The Morgan fingerprint density at radius 2 is 1.56 bits per heavy atom. The summed E-state index contributed by atoms with van der Waals surface area (Å²) < 4.78 is 44.6. The van der Waals surface area contributed by atoms with Crippen LogP contribution in [0.2, 0.25) is 0 Å². The zero-order chi connectivity index (χ0) is 19.4. The predicted octanol–water partition coefficient (Wildman–Crippen LogP) is 6.75. The number of para-hydroxylation sites is 1. The molecule has 1 amide bonds. The average molecular weight is 436 g/mol. The van der Waals surface area contributed by atoms with Gasteiger partial charge in [-0.25, -0.2) is 4.79 Å². The molecule has 27 heavy (non-hydrogen) atoms. The lowest BCUT2D eigenvalue weighted by atomic mass is 10.1. The van der Waals surface area contributed by atoms with E-state index in [0.717, 1.165) is 23.3 Å². The van der Waals surface area contributed by atoms with Gasteiger partial charge in [-0.15, -0.1) is 0 Å². The Balaban J connectivity index is 1.76. The molecule has 3 aromatic carbocycles. The van der Waals surface area contributed by atoms with Crippen LogP contribution in [0.3, 0.4) is 0 Å². The van der Waals surface area contributed by atoms with E-state index in [2.05, 4.69) is 21.2 Å². The maximum atomic E-state index is 13.0. The van der Waals surface area contributed by atoms with E-state index in [1.54, 1.807) is 18.2 Å². The predicted molar refractivity (Wildman–Crippen MR) is 101 cm³/mol. The highest BCUT2D eigenvalue weighted by atomic mass is 79.9. The van der Waals surface area contributed by atoms with Crippen molar-refractivity contribution in [3.8, 4) is 16.9 Å². The van der Waals surface area contributed by atoms with E-state index in [1.807, 2.05) is 30.3 Å². The lowest BCUT2D eigenvalue weighted by molar-refractivity contribution is -0.136. The number of benzene rings is 3. The van der Waals surface area contributed by atoms with Crippen molar-refractivity contribution >= 4 is 27.7 Å². The van der Waals surface area contributed by atoms with Crippen LogP contribution in [0.15, 0.2) is 77.3 Å². The summed E-state index contributed by atoms with van der Waals surface area (Å²) in [4.78, 5) is 12.0. The van der Waals surface area contributed by atoms with Crippen molar-refractivity contribution in [3.63, 3.8) is 0 Å². The number of amides is 1. The van der Waals surface area contributed by atoms with E-state index in [9.17, 15) is 18.0 Å². The summed E-state index contributed by atoms with van der Waals surface area (Å²) in [6, 6.07) is 19.4. The van der Waals surface area contributed by atoms with E-state index in [0.29, 0.717) is 4.47 Å². The molecule has 0 spiro atoms. The standard InChI is InChI=1S/C20H13BrF3NO2/c21-16-12-14(13-6-2-1-3-7-13)10-11-18(16)27-19(26)25-17-9-5-4-8-15(17)20(22,23)24/h1-12H,(H,25,26). The van der Waals surface area contributed by atoms with Crippen LogP contribution in [0, 0.1) is 0 Å². The smallest absolute Gasteiger partial charge is 0.409 e. The van der Waals surface area contributed by atoms with Crippen LogP contribution in [0.25, 0.3) is 11.1 Å². The van der Waals surface area contributed by atoms with Gasteiger partial charge in [0.2, 0.25) is 0 Å². The van der Waals surface area contributed by atoms with E-state index >= 15 is 0 Å². The van der Waals surface area contributed by atoms with E-state index in [4.69, 9.17) is 4.74 Å². The first-order valence-corrected chi connectivity index (χ1v) is 8.64. The van der Waals surface area contributed by atoms with Gasteiger partial charge in [-0.1, -0.05) is 48.5 Å². The van der Waals surface area contributed by atoms with Crippen molar-refractivity contribution in [1.29, 1.82) is 0 Å². The molecule has 0 heterocycles. The molecule has 0 fully saturated rings. The first-order valence-electron chi connectivity index (χ1n) is 7.84. The number of hydrogen-bond acceptors (Lipinski definition) is 2. The Morgan fingerprint density at radius 1 is 0.889 bits per heavy atom. The molecule has 7 heteroatoms. The molecule has 3 nitrogen and oxygen atoms in total. The topological polar surface area (TPSA) is 38.3 Å². The zero-order valence-electron chi connectivity index (χ0n) is 13.8. The second-order valence-electron chi connectivity index (χ2n) is 5.57. The van der Waals surface area contributed by atoms with Crippen molar-refractivity contribution in [3.05, 3.63) is 82.8 Å². The Kier molecular flexibility index (Phi) is 5.51. The molecule has 3 aromatic rings. The van der Waals surface area contributed by atoms with Gasteiger partial charge in [-0.05, 0) is 51.3 Å². The van der Waals surface area contributed by atoms with Crippen LogP contribution in [-0.4, -0.2) is 6.09 Å². The quantitative estimate of drug-likeness (QED) is 0.494. The van der Waals surface area contributed by atoms with Gasteiger partial charge in [0.15, 0.2) is 0 Å². The number of carbonyl (C=O) groups excluding carboxylic acids is 1. The molecule has 0 unspecified atom stereocenters. The van der Waals surface area contributed by atoms with Crippen LogP contribution >= 0.6 is 15.9 Å². The van der Waals surface area contributed by atoms with Crippen LogP contribution < -0.4 is 10.1 Å². The molecule has 0 radical (unpaired) electrons. The highest BCUT2D eigenvalue weighted by molar-refractivity contribution is 9.10. The Bertz CT molecular complexity index is 959. The Morgan fingerprint density at radius 3 is 2.22 bits per heavy atom. The second-order valence-corrected chi connectivity index (χ2v) is 6.42.